The summed E-state index contributed by atoms with van der Waals surface area (Å²) in [6, 6.07) is 10.8. The standard InChI is InChI=1S/C20H17N5O2S/c26-19(23-18-7-8-21-25(18)12-14-3-2-10-28-14)13-5-6-15-16(11-13)22-17-4-1-9-24(17)20(15)27/h2-3,5-8,10-11H,1,4,9,12H2,(H,23,26). The first kappa shape index (κ1) is 16.9. The number of hydrogen-bond acceptors (Lipinski definition) is 5. The molecule has 0 fully saturated rings. The molecule has 0 spiro atoms. The molecular weight excluding hydrogens is 374 g/mol. The first-order valence-electron chi connectivity index (χ1n) is 9.08. The molecule has 28 heavy (non-hydrogen) atoms. The molecule has 5 rings (SSSR count). The second-order valence-electron chi connectivity index (χ2n) is 6.73. The predicted molar refractivity (Wildman–Crippen MR) is 108 cm³/mol. The number of rotatable bonds is 4. The Morgan fingerprint density at radius 1 is 1.25 bits per heavy atom. The van der Waals surface area contributed by atoms with Crippen LogP contribution in [0.1, 0.15) is 27.5 Å². The average molecular weight is 391 g/mol. The van der Waals surface area contributed by atoms with Crippen molar-refractivity contribution in [1.29, 1.82) is 0 Å². The molecule has 1 amide bonds. The van der Waals surface area contributed by atoms with Crippen LogP contribution >= 0.6 is 11.3 Å². The number of nitrogens with zero attached hydrogens (tertiary/aromatic N) is 4. The Balaban J connectivity index is 1.43. The van der Waals surface area contributed by atoms with Crippen molar-refractivity contribution in [2.24, 2.45) is 0 Å². The van der Waals surface area contributed by atoms with Gasteiger partial charge < -0.3 is 5.32 Å². The van der Waals surface area contributed by atoms with Crippen LogP contribution in [0.15, 0.2) is 52.8 Å². The van der Waals surface area contributed by atoms with Gasteiger partial charge in [0.1, 0.15) is 11.6 Å². The Hall–Kier alpha value is -3.26. The summed E-state index contributed by atoms with van der Waals surface area (Å²) in [5, 5.41) is 9.76. The fraction of sp³-hybridized carbons (Fsp3) is 0.200. The predicted octanol–water partition coefficient (Wildman–Crippen LogP) is 2.90. The van der Waals surface area contributed by atoms with E-state index in [4.69, 9.17) is 0 Å². The molecule has 1 aromatic carbocycles. The van der Waals surface area contributed by atoms with E-state index in [-0.39, 0.29) is 11.5 Å². The lowest BCUT2D eigenvalue weighted by molar-refractivity contribution is 0.102. The van der Waals surface area contributed by atoms with Gasteiger partial charge in [-0.2, -0.15) is 5.10 Å². The number of amides is 1. The zero-order chi connectivity index (χ0) is 19.1. The van der Waals surface area contributed by atoms with E-state index in [1.54, 1.807) is 51.0 Å². The van der Waals surface area contributed by atoms with Gasteiger partial charge >= 0.3 is 0 Å². The maximum absolute atomic E-state index is 12.8. The summed E-state index contributed by atoms with van der Waals surface area (Å²) in [6.07, 6.45) is 3.39. The van der Waals surface area contributed by atoms with Gasteiger partial charge in [0.25, 0.3) is 11.5 Å². The van der Waals surface area contributed by atoms with E-state index < -0.39 is 0 Å². The van der Waals surface area contributed by atoms with Gasteiger partial charge in [0.2, 0.25) is 0 Å². The highest BCUT2D eigenvalue weighted by Gasteiger charge is 2.17. The number of carbonyl (C=O) groups excluding carboxylic acids is 1. The molecule has 0 saturated carbocycles. The molecule has 4 aromatic rings. The third-order valence-electron chi connectivity index (χ3n) is 4.92. The molecule has 7 nitrogen and oxygen atoms in total. The van der Waals surface area contributed by atoms with E-state index in [1.807, 2.05) is 17.5 Å². The lowest BCUT2D eigenvalue weighted by atomic mass is 10.1. The molecule has 0 atom stereocenters. The lowest BCUT2D eigenvalue weighted by Crippen LogP contribution is -2.21. The van der Waals surface area contributed by atoms with Crippen molar-refractivity contribution >= 4 is 34.0 Å². The zero-order valence-electron chi connectivity index (χ0n) is 15.0. The number of thiophene rings is 1. The summed E-state index contributed by atoms with van der Waals surface area (Å²) in [5.41, 5.74) is 1.00. The Bertz CT molecular complexity index is 1240. The van der Waals surface area contributed by atoms with Gasteiger partial charge in [-0.3, -0.25) is 14.2 Å². The summed E-state index contributed by atoms with van der Waals surface area (Å²) >= 11 is 1.64. The van der Waals surface area contributed by atoms with Crippen molar-refractivity contribution in [2.75, 3.05) is 5.32 Å². The number of anilines is 1. The zero-order valence-corrected chi connectivity index (χ0v) is 15.8. The molecule has 3 aromatic heterocycles. The summed E-state index contributed by atoms with van der Waals surface area (Å²) in [6.45, 7) is 1.32. The molecule has 0 bridgehead atoms. The molecule has 1 N–H and O–H groups in total. The number of hydrogen-bond donors (Lipinski definition) is 1. The Morgan fingerprint density at radius 3 is 3.04 bits per heavy atom. The molecule has 1 aliphatic heterocycles. The molecule has 0 aliphatic carbocycles. The number of fused-ring (bicyclic) bond motifs is 2. The van der Waals surface area contributed by atoms with Crippen LogP contribution in [0.3, 0.4) is 0 Å². The highest BCUT2D eigenvalue weighted by atomic mass is 32.1. The molecular formula is C20H17N5O2S. The minimum Gasteiger partial charge on any atom is -0.307 e. The van der Waals surface area contributed by atoms with E-state index in [0.717, 1.165) is 23.5 Å². The van der Waals surface area contributed by atoms with Crippen LogP contribution < -0.4 is 10.9 Å². The van der Waals surface area contributed by atoms with E-state index in [1.165, 1.54) is 0 Å². The van der Waals surface area contributed by atoms with E-state index in [9.17, 15) is 9.59 Å². The number of benzene rings is 1. The molecule has 4 heterocycles. The van der Waals surface area contributed by atoms with Crippen LogP contribution in [0.4, 0.5) is 5.82 Å². The van der Waals surface area contributed by atoms with Crippen LogP contribution in [0.25, 0.3) is 10.9 Å². The molecule has 0 saturated heterocycles. The number of aryl methyl sites for hydroxylation is 1. The summed E-state index contributed by atoms with van der Waals surface area (Å²) in [7, 11) is 0. The van der Waals surface area contributed by atoms with Crippen molar-refractivity contribution in [3.05, 3.63) is 74.6 Å². The maximum Gasteiger partial charge on any atom is 0.261 e. The van der Waals surface area contributed by atoms with Crippen LogP contribution in [-0.2, 0) is 19.5 Å². The topological polar surface area (TPSA) is 81.8 Å². The van der Waals surface area contributed by atoms with Crippen molar-refractivity contribution in [3.63, 3.8) is 0 Å². The average Bonchev–Trinajstić information content (AvgIpc) is 3.45. The Morgan fingerprint density at radius 2 is 2.18 bits per heavy atom. The van der Waals surface area contributed by atoms with Gasteiger partial charge in [0.15, 0.2) is 0 Å². The van der Waals surface area contributed by atoms with Gasteiger partial charge in [0.05, 0.1) is 23.6 Å². The van der Waals surface area contributed by atoms with E-state index in [2.05, 4.69) is 15.4 Å². The molecule has 140 valence electrons. The van der Waals surface area contributed by atoms with Crippen LogP contribution in [0.2, 0.25) is 0 Å². The third-order valence-corrected chi connectivity index (χ3v) is 5.78. The molecule has 0 radical (unpaired) electrons. The van der Waals surface area contributed by atoms with Gasteiger partial charge in [-0.25, -0.2) is 9.67 Å². The van der Waals surface area contributed by atoms with Gasteiger partial charge in [-0.1, -0.05) is 6.07 Å². The van der Waals surface area contributed by atoms with Crippen molar-refractivity contribution in [1.82, 2.24) is 19.3 Å². The van der Waals surface area contributed by atoms with Gasteiger partial charge in [0, 0.05) is 29.5 Å². The molecule has 0 unspecified atom stereocenters. The number of nitrogens with one attached hydrogen (secondary N) is 1. The Kier molecular flexibility index (Phi) is 4.05. The lowest BCUT2D eigenvalue weighted by Gasteiger charge is -2.09. The largest absolute Gasteiger partial charge is 0.307 e. The normalized spacial score (nSPS) is 13.0. The van der Waals surface area contributed by atoms with Crippen molar-refractivity contribution < 1.29 is 4.79 Å². The smallest absolute Gasteiger partial charge is 0.261 e. The summed E-state index contributed by atoms with van der Waals surface area (Å²) in [5.74, 6) is 1.17. The third kappa shape index (κ3) is 2.91. The molecule has 8 heteroatoms. The summed E-state index contributed by atoms with van der Waals surface area (Å²) < 4.78 is 3.48. The number of carbonyl (C=O) groups is 1. The first-order chi connectivity index (χ1) is 13.7. The van der Waals surface area contributed by atoms with Gasteiger partial charge in [-0.15, -0.1) is 11.3 Å². The first-order valence-corrected chi connectivity index (χ1v) is 9.96. The highest BCUT2D eigenvalue weighted by Crippen LogP contribution is 2.18. The van der Waals surface area contributed by atoms with Crippen molar-refractivity contribution in [3.8, 4) is 0 Å². The Labute approximate surface area is 164 Å². The highest BCUT2D eigenvalue weighted by molar-refractivity contribution is 7.09. The monoisotopic (exact) mass is 391 g/mol. The van der Waals surface area contributed by atoms with Crippen LogP contribution in [-0.4, -0.2) is 25.2 Å². The fourth-order valence-electron chi connectivity index (χ4n) is 3.53. The molecule has 1 aliphatic rings. The van der Waals surface area contributed by atoms with Crippen LogP contribution in [0, 0.1) is 0 Å². The SMILES string of the molecule is O=C(Nc1ccnn1Cc1cccs1)c1ccc2c(=O)n3c(nc2c1)CCC3. The van der Waals surface area contributed by atoms with E-state index >= 15 is 0 Å². The quantitative estimate of drug-likeness (QED) is 0.580. The minimum absolute atomic E-state index is 0.0292. The minimum atomic E-state index is -0.253. The number of aromatic nitrogens is 4. The summed E-state index contributed by atoms with van der Waals surface area (Å²) in [4.78, 5) is 31.1. The van der Waals surface area contributed by atoms with Crippen molar-refractivity contribution in [2.45, 2.75) is 25.9 Å². The second-order valence-corrected chi connectivity index (χ2v) is 7.76. The van der Waals surface area contributed by atoms with Crippen LogP contribution in [0.5, 0.6) is 0 Å². The second kappa shape index (κ2) is 6.72. The van der Waals surface area contributed by atoms with E-state index in [0.29, 0.717) is 35.4 Å². The maximum atomic E-state index is 12.8. The fourth-order valence-corrected chi connectivity index (χ4v) is 4.21. The van der Waals surface area contributed by atoms with Gasteiger partial charge in [-0.05, 0) is 36.1 Å².